The van der Waals surface area contributed by atoms with Crippen molar-refractivity contribution in [3.8, 4) is 0 Å². The molecule has 0 bridgehead atoms. The molecular weight excluding hydrogens is 257 g/mol. The first kappa shape index (κ1) is 10.9. The number of hydrogen-bond acceptors (Lipinski definition) is 3. The molecule has 0 aliphatic rings. The van der Waals surface area contributed by atoms with Crippen molar-refractivity contribution < 1.29 is 9.53 Å². The molecule has 0 atom stereocenters. The number of ether oxygens (including phenoxy) is 1. The van der Waals surface area contributed by atoms with Crippen LogP contribution in [0.25, 0.3) is 0 Å². The highest BCUT2D eigenvalue weighted by Gasteiger charge is 2.32. The molecule has 0 aliphatic carbocycles. The van der Waals surface area contributed by atoms with Gasteiger partial charge in [-0.15, -0.1) is 0 Å². The van der Waals surface area contributed by atoms with Crippen LogP contribution in [0.5, 0.6) is 0 Å². The van der Waals surface area contributed by atoms with Crippen LogP contribution in [-0.2, 0) is 9.53 Å². The van der Waals surface area contributed by atoms with Crippen molar-refractivity contribution in [2.75, 3.05) is 6.61 Å². The summed E-state index contributed by atoms with van der Waals surface area (Å²) in [7, 11) is 0. The molecule has 0 unspecified atom stereocenters. The second-order valence-corrected chi connectivity index (χ2v) is 3.74. The molecule has 0 aliphatic heterocycles. The van der Waals surface area contributed by atoms with E-state index in [0.29, 0.717) is 10.3 Å². The minimum Gasteiger partial charge on any atom is -0.465 e. The molecule has 0 radical (unpaired) electrons. The topological polar surface area (TPSA) is 50.2 Å². The molecule has 4 heteroatoms. The minimum atomic E-state index is -0.781. The standard InChI is InChI=1S/C7H12INO2/c1-4-11-6(10)7(2,3)5(8)9/h9H,4H2,1-3H3. The van der Waals surface area contributed by atoms with Crippen molar-refractivity contribution in [1.29, 1.82) is 5.41 Å². The number of carbonyl (C=O) groups is 1. The van der Waals surface area contributed by atoms with Crippen LogP contribution in [0.15, 0.2) is 0 Å². The summed E-state index contributed by atoms with van der Waals surface area (Å²) in [4.78, 5) is 11.1. The van der Waals surface area contributed by atoms with E-state index >= 15 is 0 Å². The van der Waals surface area contributed by atoms with Crippen LogP contribution in [-0.4, -0.2) is 16.3 Å². The van der Waals surface area contributed by atoms with Gasteiger partial charge in [0.15, 0.2) is 0 Å². The minimum absolute atomic E-state index is 0.300. The van der Waals surface area contributed by atoms with E-state index in [-0.39, 0.29) is 5.97 Å². The Balaban J connectivity index is 4.30. The van der Waals surface area contributed by atoms with E-state index < -0.39 is 5.41 Å². The summed E-state index contributed by atoms with van der Waals surface area (Å²) in [5, 5.41) is 7.29. The van der Waals surface area contributed by atoms with Crippen molar-refractivity contribution >= 4 is 32.3 Å². The third-order valence-corrected chi connectivity index (χ3v) is 2.68. The smallest absolute Gasteiger partial charge is 0.318 e. The average molecular weight is 269 g/mol. The van der Waals surface area contributed by atoms with Gasteiger partial charge in [0, 0.05) is 0 Å². The SMILES string of the molecule is CCOC(=O)C(C)(C)C(=N)I. The second kappa shape index (κ2) is 4.04. The molecule has 0 fully saturated rings. The lowest BCUT2D eigenvalue weighted by atomic mass is 9.96. The van der Waals surface area contributed by atoms with Gasteiger partial charge in [0.05, 0.1) is 10.3 Å². The van der Waals surface area contributed by atoms with E-state index in [1.165, 1.54) is 0 Å². The normalized spacial score (nSPS) is 10.9. The van der Waals surface area contributed by atoms with Gasteiger partial charge in [-0.05, 0) is 43.4 Å². The Morgan fingerprint density at radius 3 is 2.36 bits per heavy atom. The highest BCUT2D eigenvalue weighted by molar-refractivity contribution is 14.1. The molecule has 64 valence electrons. The van der Waals surface area contributed by atoms with E-state index in [9.17, 15) is 4.79 Å². The zero-order chi connectivity index (χ0) is 9.07. The maximum atomic E-state index is 11.1. The lowest BCUT2D eigenvalue weighted by Gasteiger charge is -2.19. The van der Waals surface area contributed by atoms with Crippen molar-refractivity contribution in [3.05, 3.63) is 0 Å². The Morgan fingerprint density at radius 1 is 1.64 bits per heavy atom. The molecule has 0 aromatic rings. The predicted octanol–water partition coefficient (Wildman–Crippen LogP) is 1.99. The van der Waals surface area contributed by atoms with Gasteiger partial charge in [-0.1, -0.05) is 0 Å². The van der Waals surface area contributed by atoms with E-state index in [1.807, 2.05) is 22.6 Å². The van der Waals surface area contributed by atoms with Crippen LogP contribution >= 0.6 is 22.6 Å². The first-order valence-corrected chi connectivity index (χ1v) is 4.42. The maximum Gasteiger partial charge on any atom is 0.318 e. The van der Waals surface area contributed by atoms with Crippen molar-refractivity contribution in [3.63, 3.8) is 0 Å². The third-order valence-electron chi connectivity index (χ3n) is 1.33. The molecule has 1 N–H and O–H groups in total. The molecule has 0 saturated heterocycles. The number of nitrogens with one attached hydrogen (secondary N) is 1. The van der Waals surface area contributed by atoms with Crippen molar-refractivity contribution in [2.24, 2.45) is 5.41 Å². The summed E-state index contributed by atoms with van der Waals surface area (Å²) in [5.41, 5.74) is -0.781. The van der Waals surface area contributed by atoms with Crippen LogP contribution in [0, 0.1) is 10.8 Å². The summed E-state index contributed by atoms with van der Waals surface area (Å²) in [6.45, 7) is 5.48. The van der Waals surface area contributed by atoms with E-state index in [0.717, 1.165) is 0 Å². The van der Waals surface area contributed by atoms with Gasteiger partial charge in [-0.25, -0.2) is 0 Å². The molecule has 0 spiro atoms. The van der Waals surface area contributed by atoms with Crippen LogP contribution < -0.4 is 0 Å². The molecular formula is C7H12INO2. The molecule has 0 rings (SSSR count). The fraction of sp³-hybridized carbons (Fsp3) is 0.714. The highest BCUT2D eigenvalue weighted by atomic mass is 127. The number of esters is 1. The van der Waals surface area contributed by atoms with Gasteiger partial charge in [-0.3, -0.25) is 10.2 Å². The number of hydrogen-bond donors (Lipinski definition) is 1. The number of carbonyl (C=O) groups excluding carboxylic acids is 1. The Labute approximate surface area is 80.2 Å². The summed E-state index contributed by atoms with van der Waals surface area (Å²) >= 11 is 1.82. The molecule has 3 nitrogen and oxygen atoms in total. The van der Waals surface area contributed by atoms with E-state index in [2.05, 4.69) is 0 Å². The lowest BCUT2D eigenvalue weighted by Crippen LogP contribution is -2.31. The van der Waals surface area contributed by atoms with Crippen LogP contribution in [0.2, 0.25) is 0 Å². The average Bonchev–Trinajstić information content (AvgIpc) is 1.88. The zero-order valence-corrected chi connectivity index (χ0v) is 9.06. The fourth-order valence-electron chi connectivity index (χ4n) is 0.401. The third kappa shape index (κ3) is 2.76. The molecule has 0 amide bonds. The summed E-state index contributed by atoms with van der Waals surface area (Å²) in [5.74, 6) is -0.334. The summed E-state index contributed by atoms with van der Waals surface area (Å²) in [6.07, 6.45) is 0. The van der Waals surface area contributed by atoms with Gasteiger partial charge in [0.25, 0.3) is 0 Å². The first-order chi connectivity index (χ1) is 4.92. The largest absolute Gasteiger partial charge is 0.465 e. The van der Waals surface area contributed by atoms with Gasteiger partial charge < -0.3 is 4.74 Å². The van der Waals surface area contributed by atoms with Gasteiger partial charge >= 0.3 is 5.97 Å². The lowest BCUT2D eigenvalue weighted by molar-refractivity contribution is -0.149. The Bertz CT molecular complexity index is 177. The highest BCUT2D eigenvalue weighted by Crippen LogP contribution is 2.22. The molecule has 11 heavy (non-hydrogen) atoms. The Kier molecular flexibility index (Phi) is 3.99. The summed E-state index contributed by atoms with van der Waals surface area (Å²) in [6, 6.07) is 0. The second-order valence-electron chi connectivity index (χ2n) is 2.66. The maximum absolute atomic E-state index is 11.1. The fourth-order valence-corrected chi connectivity index (χ4v) is 0.621. The number of rotatable bonds is 3. The Hall–Kier alpha value is -0.130. The van der Waals surface area contributed by atoms with Crippen LogP contribution in [0.1, 0.15) is 20.8 Å². The quantitative estimate of drug-likeness (QED) is 0.484. The van der Waals surface area contributed by atoms with E-state index in [4.69, 9.17) is 10.1 Å². The predicted molar refractivity (Wildman–Crippen MR) is 52.2 cm³/mol. The van der Waals surface area contributed by atoms with Gasteiger partial charge in [0.1, 0.15) is 5.41 Å². The first-order valence-electron chi connectivity index (χ1n) is 3.34. The molecule has 0 saturated carbocycles. The summed E-state index contributed by atoms with van der Waals surface area (Å²) < 4.78 is 5.08. The van der Waals surface area contributed by atoms with Crippen LogP contribution in [0.4, 0.5) is 0 Å². The van der Waals surface area contributed by atoms with Gasteiger partial charge in [-0.2, -0.15) is 0 Å². The molecule has 0 aromatic heterocycles. The zero-order valence-electron chi connectivity index (χ0n) is 6.90. The molecule has 0 heterocycles. The molecule has 0 aromatic carbocycles. The van der Waals surface area contributed by atoms with E-state index in [1.54, 1.807) is 20.8 Å². The van der Waals surface area contributed by atoms with Crippen molar-refractivity contribution in [1.82, 2.24) is 0 Å². The number of halogens is 1. The monoisotopic (exact) mass is 269 g/mol. The van der Waals surface area contributed by atoms with Crippen LogP contribution in [0.3, 0.4) is 0 Å². The van der Waals surface area contributed by atoms with Crippen molar-refractivity contribution in [2.45, 2.75) is 20.8 Å². The van der Waals surface area contributed by atoms with Gasteiger partial charge in [0.2, 0.25) is 0 Å². The Morgan fingerprint density at radius 2 is 2.09 bits per heavy atom.